The molecule has 44 heavy (non-hydrogen) atoms. The Balaban J connectivity index is 1.35. The molecule has 9 rings (SSSR count). The molecule has 0 radical (unpaired) electrons. The number of hydrogen-bond donors (Lipinski definition) is 0. The molecule has 0 saturated carbocycles. The summed E-state index contributed by atoms with van der Waals surface area (Å²) in [5, 5.41) is 9.81. The number of hydrogen-bond acceptors (Lipinski definition) is 2. The zero-order chi connectivity index (χ0) is 29.0. The van der Waals surface area contributed by atoms with E-state index in [2.05, 4.69) is 163 Å². The Bertz CT molecular complexity index is 2450. The molecular formula is C42H27NO. The van der Waals surface area contributed by atoms with Crippen molar-refractivity contribution in [2.75, 3.05) is 4.90 Å². The van der Waals surface area contributed by atoms with Crippen LogP contribution >= 0.6 is 0 Å². The van der Waals surface area contributed by atoms with Gasteiger partial charge in [0.1, 0.15) is 11.2 Å². The van der Waals surface area contributed by atoms with Crippen LogP contribution in [0.3, 0.4) is 0 Å². The van der Waals surface area contributed by atoms with E-state index in [1.807, 2.05) is 6.07 Å². The van der Waals surface area contributed by atoms with Crippen LogP contribution in [0.1, 0.15) is 0 Å². The Labute approximate surface area is 255 Å². The number of nitrogens with zero attached hydrogens (tertiary/aromatic N) is 1. The first-order valence-electron chi connectivity index (χ1n) is 15.0. The first-order valence-corrected chi connectivity index (χ1v) is 15.0. The van der Waals surface area contributed by atoms with Crippen molar-refractivity contribution >= 4 is 71.3 Å². The van der Waals surface area contributed by atoms with Gasteiger partial charge >= 0.3 is 0 Å². The monoisotopic (exact) mass is 561 g/mol. The molecular weight excluding hydrogens is 534 g/mol. The standard InChI is InChI=1S/C42H27NO/c1-3-13-29(14-4-1)43(30-15-5-2-6-16-30)38-21-11-9-17-31(38)28-23-24-33-32-18-7-8-19-34(32)41-35(37(33)27-28)25-26-40-42(41)36-20-10-12-22-39(36)44-40/h1-27H. The van der Waals surface area contributed by atoms with Gasteiger partial charge in [-0.1, -0.05) is 109 Å². The third-order valence-electron chi connectivity index (χ3n) is 8.82. The highest BCUT2D eigenvalue weighted by atomic mass is 16.3. The van der Waals surface area contributed by atoms with Gasteiger partial charge in [-0.25, -0.2) is 0 Å². The summed E-state index contributed by atoms with van der Waals surface area (Å²) in [6.45, 7) is 0. The van der Waals surface area contributed by atoms with Gasteiger partial charge in [0, 0.05) is 33.1 Å². The normalized spacial score (nSPS) is 11.6. The van der Waals surface area contributed by atoms with E-state index in [0.29, 0.717) is 0 Å². The lowest BCUT2D eigenvalue weighted by atomic mass is 9.90. The molecule has 0 spiro atoms. The van der Waals surface area contributed by atoms with Crippen LogP contribution in [0.15, 0.2) is 168 Å². The van der Waals surface area contributed by atoms with Crippen LogP contribution in [0.4, 0.5) is 17.1 Å². The van der Waals surface area contributed by atoms with Gasteiger partial charge < -0.3 is 9.32 Å². The Morgan fingerprint density at radius 2 is 0.932 bits per heavy atom. The van der Waals surface area contributed by atoms with Crippen LogP contribution in [0, 0.1) is 0 Å². The van der Waals surface area contributed by atoms with E-state index in [1.54, 1.807) is 0 Å². The zero-order valence-corrected chi connectivity index (χ0v) is 23.9. The van der Waals surface area contributed by atoms with Crippen molar-refractivity contribution in [3.05, 3.63) is 164 Å². The molecule has 0 aliphatic carbocycles. The molecule has 2 heteroatoms. The lowest BCUT2D eigenvalue weighted by Gasteiger charge is -2.28. The van der Waals surface area contributed by atoms with Gasteiger partial charge in [0.25, 0.3) is 0 Å². The van der Waals surface area contributed by atoms with Crippen LogP contribution in [-0.4, -0.2) is 0 Å². The van der Waals surface area contributed by atoms with Gasteiger partial charge in [0.2, 0.25) is 0 Å². The number of para-hydroxylation sites is 4. The predicted octanol–water partition coefficient (Wildman–Crippen LogP) is 12.2. The second-order valence-corrected chi connectivity index (χ2v) is 11.3. The van der Waals surface area contributed by atoms with Crippen molar-refractivity contribution in [3.8, 4) is 11.1 Å². The smallest absolute Gasteiger partial charge is 0.136 e. The van der Waals surface area contributed by atoms with Crippen molar-refractivity contribution in [1.29, 1.82) is 0 Å². The summed E-state index contributed by atoms with van der Waals surface area (Å²) >= 11 is 0. The first-order chi connectivity index (χ1) is 21.8. The highest BCUT2D eigenvalue weighted by Crippen LogP contribution is 2.45. The SMILES string of the molecule is c1ccc(N(c2ccccc2)c2ccccc2-c2ccc3c4ccccc4c4c(ccc5oc6ccccc6c54)c3c2)cc1. The lowest BCUT2D eigenvalue weighted by molar-refractivity contribution is 0.669. The average Bonchev–Trinajstić information content (AvgIpc) is 3.48. The van der Waals surface area contributed by atoms with Gasteiger partial charge in [0.15, 0.2) is 0 Å². The molecule has 9 aromatic rings. The maximum atomic E-state index is 6.34. The second-order valence-electron chi connectivity index (χ2n) is 11.3. The van der Waals surface area contributed by atoms with Crippen molar-refractivity contribution < 1.29 is 4.42 Å². The predicted molar refractivity (Wildman–Crippen MR) is 186 cm³/mol. The summed E-state index contributed by atoms with van der Waals surface area (Å²) in [6, 6.07) is 58.4. The summed E-state index contributed by atoms with van der Waals surface area (Å²) < 4.78 is 6.34. The van der Waals surface area contributed by atoms with E-state index < -0.39 is 0 Å². The first kappa shape index (κ1) is 24.7. The minimum absolute atomic E-state index is 0.920. The topological polar surface area (TPSA) is 16.4 Å². The Kier molecular flexibility index (Phi) is 5.54. The van der Waals surface area contributed by atoms with Crippen LogP contribution in [0.25, 0.3) is 65.4 Å². The second kappa shape index (κ2) is 9.86. The fourth-order valence-electron chi connectivity index (χ4n) is 6.92. The number of fused-ring (bicyclic) bond motifs is 10. The quantitative estimate of drug-likeness (QED) is 0.199. The van der Waals surface area contributed by atoms with E-state index in [-0.39, 0.29) is 0 Å². The number of anilines is 3. The van der Waals surface area contributed by atoms with E-state index in [0.717, 1.165) is 33.6 Å². The van der Waals surface area contributed by atoms with Crippen molar-refractivity contribution in [2.24, 2.45) is 0 Å². The summed E-state index contributed by atoms with van der Waals surface area (Å²) in [5.41, 5.74) is 7.58. The fraction of sp³-hybridized carbons (Fsp3) is 0. The van der Waals surface area contributed by atoms with Crippen LogP contribution in [-0.2, 0) is 0 Å². The minimum Gasteiger partial charge on any atom is -0.456 e. The molecule has 0 amide bonds. The van der Waals surface area contributed by atoms with E-state index in [1.165, 1.54) is 48.8 Å². The maximum Gasteiger partial charge on any atom is 0.136 e. The molecule has 206 valence electrons. The average molecular weight is 562 g/mol. The highest BCUT2D eigenvalue weighted by Gasteiger charge is 2.19. The molecule has 0 aliphatic heterocycles. The molecule has 0 aliphatic rings. The van der Waals surface area contributed by atoms with Crippen molar-refractivity contribution in [2.45, 2.75) is 0 Å². The van der Waals surface area contributed by atoms with E-state index in [4.69, 9.17) is 4.42 Å². The molecule has 0 saturated heterocycles. The van der Waals surface area contributed by atoms with Crippen molar-refractivity contribution in [1.82, 2.24) is 0 Å². The third-order valence-corrected chi connectivity index (χ3v) is 8.82. The summed E-state index contributed by atoms with van der Waals surface area (Å²) in [4.78, 5) is 2.35. The highest BCUT2D eigenvalue weighted by molar-refractivity contribution is 6.34. The molecule has 1 aromatic heterocycles. The van der Waals surface area contributed by atoms with Gasteiger partial charge in [0.05, 0.1) is 5.69 Å². The Morgan fingerprint density at radius 1 is 0.364 bits per heavy atom. The summed E-state index contributed by atoms with van der Waals surface area (Å²) in [7, 11) is 0. The number of rotatable bonds is 4. The summed E-state index contributed by atoms with van der Waals surface area (Å²) in [6.07, 6.45) is 0. The largest absolute Gasteiger partial charge is 0.456 e. The molecule has 0 unspecified atom stereocenters. The maximum absolute atomic E-state index is 6.34. The van der Waals surface area contributed by atoms with Gasteiger partial charge in [-0.3, -0.25) is 0 Å². The molecule has 0 bridgehead atoms. The molecule has 2 nitrogen and oxygen atoms in total. The van der Waals surface area contributed by atoms with Crippen molar-refractivity contribution in [3.63, 3.8) is 0 Å². The molecule has 0 fully saturated rings. The van der Waals surface area contributed by atoms with E-state index >= 15 is 0 Å². The van der Waals surface area contributed by atoms with Gasteiger partial charge in [-0.05, 0) is 87.1 Å². The number of furan rings is 1. The fourth-order valence-corrected chi connectivity index (χ4v) is 6.92. The zero-order valence-electron chi connectivity index (χ0n) is 23.9. The molecule has 0 atom stereocenters. The molecule has 1 heterocycles. The molecule has 0 N–H and O–H groups in total. The lowest BCUT2D eigenvalue weighted by Crippen LogP contribution is -2.10. The van der Waals surface area contributed by atoms with Gasteiger partial charge in [-0.2, -0.15) is 0 Å². The third kappa shape index (κ3) is 3.75. The van der Waals surface area contributed by atoms with E-state index in [9.17, 15) is 0 Å². The minimum atomic E-state index is 0.920. The summed E-state index contributed by atoms with van der Waals surface area (Å²) in [5.74, 6) is 0. The van der Waals surface area contributed by atoms with Crippen LogP contribution in [0.5, 0.6) is 0 Å². The van der Waals surface area contributed by atoms with Gasteiger partial charge in [-0.15, -0.1) is 0 Å². The molecule has 8 aromatic carbocycles. The Hall–Kier alpha value is -5.86. The number of benzene rings is 8. The van der Waals surface area contributed by atoms with Crippen LogP contribution < -0.4 is 4.90 Å². The Morgan fingerprint density at radius 3 is 1.70 bits per heavy atom. The van der Waals surface area contributed by atoms with Crippen LogP contribution in [0.2, 0.25) is 0 Å².